The van der Waals surface area contributed by atoms with E-state index in [0.717, 1.165) is 0 Å². The van der Waals surface area contributed by atoms with Crippen molar-refractivity contribution in [3.05, 3.63) is 23.8 Å². The Morgan fingerprint density at radius 2 is 1.96 bits per heavy atom. The Kier molecular flexibility index (Phi) is 5.84. The Bertz CT molecular complexity index is 668. The van der Waals surface area contributed by atoms with Crippen LogP contribution in [0.25, 0.3) is 0 Å². The van der Waals surface area contributed by atoms with Crippen LogP contribution >= 0.6 is 0 Å². The molecular weight excluding hydrogens is 326 g/mol. The zero-order chi connectivity index (χ0) is 18.6. The highest BCUT2D eigenvalue weighted by Crippen LogP contribution is 2.26. The average molecular weight is 349 g/mol. The number of likely N-dealkylation sites (N-methyl/N-ethyl adjacent to an activating group) is 1. The van der Waals surface area contributed by atoms with Crippen LogP contribution in [0.5, 0.6) is 5.75 Å². The van der Waals surface area contributed by atoms with Crippen LogP contribution in [-0.2, 0) is 14.3 Å². The van der Waals surface area contributed by atoms with E-state index < -0.39 is 0 Å². The predicted molar refractivity (Wildman–Crippen MR) is 91.1 cm³/mol. The van der Waals surface area contributed by atoms with Gasteiger partial charge in [-0.25, -0.2) is 0 Å². The molecule has 1 saturated heterocycles. The Morgan fingerprint density at radius 1 is 1.28 bits per heavy atom. The highest BCUT2D eigenvalue weighted by molar-refractivity contribution is 5.96. The monoisotopic (exact) mass is 349 g/mol. The van der Waals surface area contributed by atoms with Crippen molar-refractivity contribution in [3.63, 3.8) is 0 Å². The predicted octanol–water partition coefficient (Wildman–Crippen LogP) is 0.371. The second-order valence-corrected chi connectivity index (χ2v) is 5.99. The molecule has 0 aliphatic carbocycles. The summed E-state index contributed by atoms with van der Waals surface area (Å²) in [6.45, 7) is 2.57. The summed E-state index contributed by atoms with van der Waals surface area (Å²) < 4.78 is 10.4. The standard InChI is InChI=1S/C17H23N3O5/c1-4-24-17(23)12-8-20(9-12)16(22)11-5-6-13(18)14(7-11)25-10-15(21)19(2)3/h5-7,12H,4,8-10,18H2,1-3H3. The fourth-order valence-corrected chi connectivity index (χ4v) is 2.30. The van der Waals surface area contributed by atoms with Gasteiger partial charge in [0.1, 0.15) is 5.75 Å². The first kappa shape index (κ1) is 18.6. The minimum absolute atomic E-state index is 0.163. The summed E-state index contributed by atoms with van der Waals surface area (Å²) in [6, 6.07) is 4.67. The Labute approximate surface area is 146 Å². The van der Waals surface area contributed by atoms with Gasteiger partial charge in [0.15, 0.2) is 6.61 Å². The number of esters is 1. The highest BCUT2D eigenvalue weighted by Gasteiger charge is 2.37. The van der Waals surface area contributed by atoms with Crippen molar-refractivity contribution in [2.24, 2.45) is 5.92 Å². The molecule has 0 spiro atoms. The molecule has 0 bridgehead atoms. The number of hydrogen-bond acceptors (Lipinski definition) is 6. The van der Waals surface area contributed by atoms with E-state index in [1.165, 1.54) is 11.0 Å². The number of carbonyl (C=O) groups excluding carboxylic acids is 3. The van der Waals surface area contributed by atoms with E-state index in [1.807, 2.05) is 0 Å². The van der Waals surface area contributed by atoms with Crippen LogP contribution in [0.1, 0.15) is 17.3 Å². The van der Waals surface area contributed by atoms with Gasteiger partial charge in [-0.05, 0) is 25.1 Å². The first-order chi connectivity index (χ1) is 11.8. The molecule has 136 valence electrons. The number of hydrogen-bond donors (Lipinski definition) is 1. The van der Waals surface area contributed by atoms with E-state index >= 15 is 0 Å². The van der Waals surface area contributed by atoms with Gasteiger partial charge in [0.2, 0.25) is 0 Å². The van der Waals surface area contributed by atoms with Crippen LogP contribution in [0.3, 0.4) is 0 Å². The van der Waals surface area contributed by atoms with Gasteiger partial charge in [-0.2, -0.15) is 0 Å². The van der Waals surface area contributed by atoms with Gasteiger partial charge in [0, 0.05) is 32.7 Å². The average Bonchev–Trinajstić information content (AvgIpc) is 2.52. The smallest absolute Gasteiger partial charge is 0.312 e. The molecule has 1 aliphatic rings. The Hall–Kier alpha value is -2.77. The quantitative estimate of drug-likeness (QED) is 0.588. The topological polar surface area (TPSA) is 102 Å². The molecule has 1 aliphatic heterocycles. The fourth-order valence-electron chi connectivity index (χ4n) is 2.30. The summed E-state index contributed by atoms with van der Waals surface area (Å²) in [6.07, 6.45) is 0. The largest absolute Gasteiger partial charge is 0.482 e. The molecule has 0 saturated carbocycles. The number of benzene rings is 1. The molecule has 1 aromatic rings. The summed E-state index contributed by atoms with van der Waals surface area (Å²) in [5, 5.41) is 0. The van der Waals surface area contributed by atoms with Gasteiger partial charge in [-0.15, -0.1) is 0 Å². The van der Waals surface area contributed by atoms with Crippen LogP contribution in [-0.4, -0.2) is 68.0 Å². The summed E-state index contributed by atoms with van der Waals surface area (Å²) in [5.74, 6) is -0.704. The molecule has 8 nitrogen and oxygen atoms in total. The molecule has 8 heteroatoms. The van der Waals surface area contributed by atoms with Gasteiger partial charge in [-0.1, -0.05) is 0 Å². The summed E-state index contributed by atoms with van der Waals surface area (Å²) in [5.41, 5.74) is 6.57. The molecule has 0 atom stereocenters. The molecule has 25 heavy (non-hydrogen) atoms. The van der Waals surface area contributed by atoms with Crippen molar-refractivity contribution in [1.29, 1.82) is 0 Å². The molecule has 1 heterocycles. The maximum absolute atomic E-state index is 12.5. The molecule has 1 aromatic carbocycles. The first-order valence-corrected chi connectivity index (χ1v) is 8.01. The molecule has 0 unspecified atom stereocenters. The molecular formula is C17H23N3O5. The number of nitrogens with zero attached hydrogens (tertiary/aromatic N) is 2. The third-order valence-electron chi connectivity index (χ3n) is 3.90. The fraction of sp³-hybridized carbons (Fsp3) is 0.471. The maximum Gasteiger partial charge on any atom is 0.312 e. The lowest BCUT2D eigenvalue weighted by Crippen LogP contribution is -2.53. The third-order valence-corrected chi connectivity index (χ3v) is 3.90. The van der Waals surface area contributed by atoms with E-state index in [9.17, 15) is 14.4 Å². The van der Waals surface area contributed by atoms with E-state index in [-0.39, 0.29) is 36.1 Å². The van der Waals surface area contributed by atoms with Gasteiger partial charge in [-0.3, -0.25) is 14.4 Å². The number of likely N-dealkylation sites (tertiary alicyclic amines) is 1. The van der Waals surface area contributed by atoms with E-state index in [2.05, 4.69) is 0 Å². The van der Waals surface area contributed by atoms with Crippen molar-refractivity contribution in [2.75, 3.05) is 46.1 Å². The van der Waals surface area contributed by atoms with Crippen molar-refractivity contribution in [2.45, 2.75) is 6.92 Å². The number of rotatable bonds is 6. The molecule has 0 radical (unpaired) electrons. The normalized spacial score (nSPS) is 13.8. The zero-order valence-electron chi connectivity index (χ0n) is 14.7. The summed E-state index contributed by atoms with van der Waals surface area (Å²) >= 11 is 0. The van der Waals surface area contributed by atoms with E-state index in [1.54, 1.807) is 38.1 Å². The number of nitrogen functional groups attached to an aromatic ring is 1. The summed E-state index contributed by atoms with van der Waals surface area (Å²) in [7, 11) is 3.25. The maximum atomic E-state index is 12.5. The molecule has 0 aromatic heterocycles. The van der Waals surface area contributed by atoms with Gasteiger partial charge in [0.25, 0.3) is 11.8 Å². The van der Waals surface area contributed by atoms with Gasteiger partial charge < -0.3 is 25.0 Å². The Morgan fingerprint density at radius 3 is 2.56 bits per heavy atom. The van der Waals surface area contributed by atoms with Crippen LogP contribution in [0, 0.1) is 5.92 Å². The lowest BCUT2D eigenvalue weighted by atomic mass is 9.99. The molecule has 2 N–H and O–H groups in total. The minimum Gasteiger partial charge on any atom is -0.482 e. The van der Waals surface area contributed by atoms with Crippen molar-refractivity contribution in [3.8, 4) is 5.75 Å². The van der Waals surface area contributed by atoms with Crippen LogP contribution < -0.4 is 10.5 Å². The SMILES string of the molecule is CCOC(=O)C1CN(C(=O)c2ccc(N)c(OCC(=O)N(C)C)c2)C1. The zero-order valence-corrected chi connectivity index (χ0v) is 14.7. The number of anilines is 1. The highest BCUT2D eigenvalue weighted by atomic mass is 16.5. The second-order valence-electron chi connectivity index (χ2n) is 5.99. The van der Waals surface area contributed by atoms with Gasteiger partial charge >= 0.3 is 5.97 Å². The van der Waals surface area contributed by atoms with Crippen LogP contribution in [0.4, 0.5) is 5.69 Å². The number of amides is 2. The number of nitrogens with two attached hydrogens (primary N) is 1. The van der Waals surface area contributed by atoms with Gasteiger partial charge in [0.05, 0.1) is 18.2 Å². The molecule has 1 fully saturated rings. The third kappa shape index (κ3) is 4.40. The van der Waals surface area contributed by atoms with Crippen molar-refractivity contribution in [1.82, 2.24) is 9.80 Å². The van der Waals surface area contributed by atoms with E-state index in [4.69, 9.17) is 15.2 Å². The lowest BCUT2D eigenvalue weighted by Gasteiger charge is -2.37. The summed E-state index contributed by atoms with van der Waals surface area (Å²) in [4.78, 5) is 38.6. The second kappa shape index (κ2) is 7.87. The van der Waals surface area contributed by atoms with Crippen LogP contribution in [0.2, 0.25) is 0 Å². The lowest BCUT2D eigenvalue weighted by molar-refractivity contribution is -0.152. The van der Waals surface area contributed by atoms with Crippen molar-refractivity contribution < 1.29 is 23.9 Å². The molecule has 2 amide bonds. The molecule has 2 rings (SSSR count). The van der Waals surface area contributed by atoms with Crippen LogP contribution in [0.15, 0.2) is 18.2 Å². The number of carbonyl (C=O) groups is 3. The van der Waals surface area contributed by atoms with E-state index in [0.29, 0.717) is 30.9 Å². The Balaban J connectivity index is 1.98. The van der Waals surface area contributed by atoms with Crippen molar-refractivity contribution >= 4 is 23.5 Å². The first-order valence-electron chi connectivity index (χ1n) is 8.01. The minimum atomic E-state index is -0.282. The number of ether oxygens (including phenoxy) is 2.